The van der Waals surface area contributed by atoms with Crippen molar-refractivity contribution in [1.82, 2.24) is 0 Å². The summed E-state index contributed by atoms with van der Waals surface area (Å²) in [5, 5.41) is 0. The van der Waals surface area contributed by atoms with Crippen molar-refractivity contribution in [3.05, 3.63) is 0 Å². The molecular formula is C13H26FN. The molecule has 0 amide bonds. The number of hydrogen-bond acceptors (Lipinski definition) is 1. The van der Waals surface area contributed by atoms with Crippen molar-refractivity contribution >= 4 is 0 Å². The third-order valence-electron chi connectivity index (χ3n) is 3.85. The summed E-state index contributed by atoms with van der Waals surface area (Å²) >= 11 is 0. The molecule has 1 aliphatic rings. The van der Waals surface area contributed by atoms with Gasteiger partial charge < -0.3 is 5.73 Å². The molecule has 0 radical (unpaired) electrons. The molecule has 3 atom stereocenters. The van der Waals surface area contributed by atoms with Crippen LogP contribution in [0.3, 0.4) is 0 Å². The molecular weight excluding hydrogens is 189 g/mol. The van der Waals surface area contributed by atoms with E-state index in [1.54, 1.807) is 0 Å². The molecule has 1 nitrogen and oxygen atoms in total. The highest BCUT2D eigenvalue weighted by atomic mass is 19.1. The largest absolute Gasteiger partial charge is 0.325 e. The fourth-order valence-electron chi connectivity index (χ4n) is 2.98. The molecule has 0 aromatic carbocycles. The summed E-state index contributed by atoms with van der Waals surface area (Å²) in [6.45, 7) is 10.8. The molecule has 1 aliphatic carbocycles. The predicted molar refractivity (Wildman–Crippen MR) is 63.4 cm³/mol. The molecule has 2 unspecified atom stereocenters. The van der Waals surface area contributed by atoms with Gasteiger partial charge in [-0.2, -0.15) is 0 Å². The van der Waals surface area contributed by atoms with Crippen LogP contribution in [0.2, 0.25) is 0 Å². The van der Waals surface area contributed by atoms with Crippen LogP contribution >= 0.6 is 0 Å². The van der Waals surface area contributed by atoms with E-state index < -0.39 is 6.17 Å². The maximum Gasteiger partial charge on any atom is 0.100 e. The van der Waals surface area contributed by atoms with Crippen molar-refractivity contribution in [3.8, 4) is 0 Å². The zero-order valence-electron chi connectivity index (χ0n) is 10.8. The summed E-state index contributed by atoms with van der Waals surface area (Å²) < 4.78 is 13.5. The van der Waals surface area contributed by atoms with E-state index >= 15 is 0 Å². The van der Waals surface area contributed by atoms with Crippen LogP contribution in [0.15, 0.2) is 0 Å². The van der Waals surface area contributed by atoms with E-state index in [-0.39, 0.29) is 11.0 Å². The number of hydrogen-bond donors (Lipinski definition) is 1. The second-order valence-electron chi connectivity index (χ2n) is 6.81. The Labute approximate surface area is 93.6 Å². The van der Waals surface area contributed by atoms with Crippen LogP contribution in [0.5, 0.6) is 0 Å². The average molecular weight is 215 g/mol. The standard InChI is InChI=1S/C13H26FN/c1-12(2,3)10-7-6-9(14)8-11(10)13(4,5)15/h9-11H,6-8,15H2,1-5H3/t9?,10-,11?/m1/s1. The Bertz CT molecular complexity index is 212. The molecule has 2 N–H and O–H groups in total. The van der Waals surface area contributed by atoms with Crippen LogP contribution in [0.25, 0.3) is 0 Å². The van der Waals surface area contributed by atoms with Crippen LogP contribution in [0, 0.1) is 17.3 Å². The summed E-state index contributed by atoms with van der Waals surface area (Å²) in [5.74, 6) is 0.853. The molecule has 15 heavy (non-hydrogen) atoms. The molecule has 1 saturated carbocycles. The van der Waals surface area contributed by atoms with Crippen molar-refractivity contribution in [2.75, 3.05) is 0 Å². The quantitative estimate of drug-likeness (QED) is 0.711. The molecule has 0 heterocycles. The van der Waals surface area contributed by atoms with E-state index in [4.69, 9.17) is 5.73 Å². The van der Waals surface area contributed by atoms with Gasteiger partial charge in [0.05, 0.1) is 0 Å². The zero-order chi connectivity index (χ0) is 11.9. The van der Waals surface area contributed by atoms with Gasteiger partial charge in [0.15, 0.2) is 0 Å². The van der Waals surface area contributed by atoms with Crippen molar-refractivity contribution in [2.24, 2.45) is 23.0 Å². The number of halogens is 1. The second kappa shape index (κ2) is 4.04. The van der Waals surface area contributed by atoms with Gasteiger partial charge in [-0.05, 0) is 50.4 Å². The van der Waals surface area contributed by atoms with Gasteiger partial charge in [-0.15, -0.1) is 0 Å². The van der Waals surface area contributed by atoms with Crippen molar-refractivity contribution in [1.29, 1.82) is 0 Å². The van der Waals surface area contributed by atoms with Crippen LogP contribution in [0.1, 0.15) is 53.9 Å². The van der Waals surface area contributed by atoms with Gasteiger partial charge in [-0.25, -0.2) is 4.39 Å². The van der Waals surface area contributed by atoms with Crippen molar-refractivity contribution in [3.63, 3.8) is 0 Å². The number of alkyl halides is 1. The molecule has 1 fully saturated rings. The lowest BCUT2D eigenvalue weighted by atomic mass is 9.61. The maximum atomic E-state index is 13.5. The van der Waals surface area contributed by atoms with Gasteiger partial charge in [0.25, 0.3) is 0 Å². The van der Waals surface area contributed by atoms with Gasteiger partial charge in [0.2, 0.25) is 0 Å². The molecule has 0 aliphatic heterocycles. The Morgan fingerprint density at radius 1 is 1.00 bits per heavy atom. The summed E-state index contributed by atoms with van der Waals surface area (Å²) in [6.07, 6.45) is 1.70. The maximum absolute atomic E-state index is 13.5. The van der Waals surface area contributed by atoms with E-state index in [0.29, 0.717) is 24.7 Å². The molecule has 0 aromatic heterocycles. The summed E-state index contributed by atoms with van der Waals surface area (Å²) in [5.41, 5.74) is 6.17. The second-order valence-corrected chi connectivity index (χ2v) is 6.81. The fourth-order valence-corrected chi connectivity index (χ4v) is 2.98. The highest BCUT2D eigenvalue weighted by molar-refractivity contribution is 4.95. The fraction of sp³-hybridized carbons (Fsp3) is 1.00. The Morgan fingerprint density at radius 3 is 1.93 bits per heavy atom. The topological polar surface area (TPSA) is 26.0 Å². The minimum atomic E-state index is -0.642. The molecule has 0 saturated heterocycles. The van der Waals surface area contributed by atoms with Crippen LogP contribution in [-0.2, 0) is 0 Å². The lowest BCUT2D eigenvalue weighted by Gasteiger charge is -2.47. The van der Waals surface area contributed by atoms with E-state index in [1.807, 2.05) is 13.8 Å². The molecule has 90 valence electrons. The molecule has 1 rings (SSSR count). The molecule has 0 bridgehead atoms. The van der Waals surface area contributed by atoms with Gasteiger partial charge in [-0.1, -0.05) is 20.8 Å². The Balaban J connectivity index is 2.85. The van der Waals surface area contributed by atoms with E-state index in [2.05, 4.69) is 20.8 Å². The summed E-state index contributed by atoms with van der Waals surface area (Å²) in [6, 6.07) is 0. The van der Waals surface area contributed by atoms with Crippen LogP contribution in [0.4, 0.5) is 4.39 Å². The first kappa shape index (κ1) is 13.0. The van der Waals surface area contributed by atoms with Gasteiger partial charge in [-0.3, -0.25) is 0 Å². The molecule has 2 heteroatoms. The van der Waals surface area contributed by atoms with Gasteiger partial charge in [0, 0.05) is 5.54 Å². The smallest absolute Gasteiger partial charge is 0.100 e. The first-order valence-electron chi connectivity index (χ1n) is 6.05. The third-order valence-corrected chi connectivity index (χ3v) is 3.85. The van der Waals surface area contributed by atoms with Crippen molar-refractivity contribution in [2.45, 2.75) is 65.6 Å². The van der Waals surface area contributed by atoms with Gasteiger partial charge >= 0.3 is 0 Å². The Hall–Kier alpha value is -0.110. The molecule has 0 spiro atoms. The minimum absolute atomic E-state index is 0.238. The highest BCUT2D eigenvalue weighted by Crippen LogP contribution is 2.46. The van der Waals surface area contributed by atoms with Crippen LogP contribution < -0.4 is 5.73 Å². The molecule has 0 aromatic rings. The minimum Gasteiger partial charge on any atom is -0.325 e. The van der Waals surface area contributed by atoms with Crippen molar-refractivity contribution < 1.29 is 4.39 Å². The van der Waals surface area contributed by atoms with E-state index in [9.17, 15) is 4.39 Å². The first-order valence-corrected chi connectivity index (χ1v) is 6.05. The number of nitrogens with two attached hydrogens (primary N) is 1. The zero-order valence-corrected chi connectivity index (χ0v) is 10.8. The normalized spacial score (nSPS) is 34.2. The average Bonchev–Trinajstić information content (AvgIpc) is 2.00. The third kappa shape index (κ3) is 3.17. The SMILES string of the molecule is CC(C)(N)C1CC(F)CC[C@H]1C(C)(C)C. The first-order chi connectivity index (χ1) is 6.62. The Kier molecular flexibility index (Phi) is 3.49. The summed E-state index contributed by atoms with van der Waals surface area (Å²) in [7, 11) is 0. The monoisotopic (exact) mass is 215 g/mol. The van der Waals surface area contributed by atoms with Gasteiger partial charge in [0.1, 0.15) is 6.17 Å². The van der Waals surface area contributed by atoms with E-state index in [1.165, 1.54) is 0 Å². The predicted octanol–water partition coefficient (Wildman–Crippen LogP) is 3.52. The Morgan fingerprint density at radius 2 is 1.53 bits per heavy atom. The highest BCUT2D eigenvalue weighted by Gasteiger charge is 2.42. The van der Waals surface area contributed by atoms with E-state index in [0.717, 1.165) is 6.42 Å². The number of rotatable bonds is 1. The lowest BCUT2D eigenvalue weighted by molar-refractivity contribution is 0.0275. The lowest BCUT2D eigenvalue weighted by Crippen LogP contribution is -2.50. The summed E-state index contributed by atoms with van der Waals surface area (Å²) in [4.78, 5) is 0. The van der Waals surface area contributed by atoms with Crippen LogP contribution in [-0.4, -0.2) is 11.7 Å².